The van der Waals surface area contributed by atoms with Crippen LogP contribution < -0.4 is 11.1 Å². The van der Waals surface area contributed by atoms with E-state index in [0.29, 0.717) is 18.1 Å². The lowest BCUT2D eigenvalue weighted by Gasteiger charge is -2.26. The lowest BCUT2D eigenvalue weighted by Crippen LogP contribution is -2.38. The number of carbonyl (C=O) groups is 1. The fourth-order valence-electron chi connectivity index (χ4n) is 1.88. The first-order valence-electron chi connectivity index (χ1n) is 6.43. The number of morpholine rings is 1. The molecule has 7 heteroatoms. The normalized spacial score (nSPS) is 16.2. The van der Waals surface area contributed by atoms with Gasteiger partial charge in [-0.15, -0.1) is 10.2 Å². The van der Waals surface area contributed by atoms with Gasteiger partial charge >= 0.3 is 0 Å². The van der Waals surface area contributed by atoms with Gasteiger partial charge in [-0.3, -0.25) is 9.69 Å². The summed E-state index contributed by atoms with van der Waals surface area (Å²) in [6.45, 7) is 5.13. The molecule has 0 aromatic carbocycles. The van der Waals surface area contributed by atoms with Gasteiger partial charge in [0.25, 0.3) is 5.91 Å². The van der Waals surface area contributed by atoms with E-state index in [-0.39, 0.29) is 5.91 Å². The first-order valence-corrected chi connectivity index (χ1v) is 6.43. The predicted octanol–water partition coefficient (Wildman–Crippen LogP) is -0.489. The number of hydrogen-bond donors (Lipinski definition) is 2. The van der Waals surface area contributed by atoms with Gasteiger partial charge in [0.05, 0.1) is 13.2 Å². The molecule has 19 heavy (non-hydrogen) atoms. The molecule has 1 fully saturated rings. The third-order valence-electron chi connectivity index (χ3n) is 2.96. The van der Waals surface area contributed by atoms with Gasteiger partial charge in [0.15, 0.2) is 5.69 Å². The quantitative estimate of drug-likeness (QED) is 0.698. The molecule has 0 saturated carbocycles. The van der Waals surface area contributed by atoms with E-state index >= 15 is 0 Å². The summed E-state index contributed by atoms with van der Waals surface area (Å²) in [4.78, 5) is 14.1. The molecule has 1 aromatic heterocycles. The van der Waals surface area contributed by atoms with Gasteiger partial charge < -0.3 is 15.8 Å². The molecule has 104 valence electrons. The second-order valence-electron chi connectivity index (χ2n) is 4.41. The molecule has 0 atom stereocenters. The van der Waals surface area contributed by atoms with Gasteiger partial charge in [-0.2, -0.15) is 0 Å². The van der Waals surface area contributed by atoms with E-state index in [1.807, 2.05) is 0 Å². The van der Waals surface area contributed by atoms with E-state index in [0.717, 1.165) is 39.3 Å². The lowest BCUT2D eigenvalue weighted by atomic mass is 10.3. The molecule has 2 heterocycles. The third-order valence-corrected chi connectivity index (χ3v) is 2.96. The average Bonchev–Trinajstić information content (AvgIpc) is 2.45. The van der Waals surface area contributed by atoms with Crippen molar-refractivity contribution in [1.82, 2.24) is 20.4 Å². The Kier molecular flexibility index (Phi) is 5.05. The second kappa shape index (κ2) is 7.01. The van der Waals surface area contributed by atoms with Crippen molar-refractivity contribution in [2.75, 3.05) is 45.1 Å². The first-order chi connectivity index (χ1) is 9.25. The second-order valence-corrected chi connectivity index (χ2v) is 4.41. The monoisotopic (exact) mass is 265 g/mol. The standard InChI is InChI=1S/C12H19N5O2/c13-11-3-2-10(15-16-11)12(18)14-4-1-5-17-6-8-19-9-7-17/h2-3H,1,4-9H2,(H2,13,16)(H,14,18). The number of aromatic nitrogens is 2. The largest absolute Gasteiger partial charge is 0.382 e. The maximum Gasteiger partial charge on any atom is 0.271 e. The number of hydrogen-bond acceptors (Lipinski definition) is 6. The number of anilines is 1. The van der Waals surface area contributed by atoms with Gasteiger partial charge in [-0.1, -0.05) is 0 Å². The van der Waals surface area contributed by atoms with E-state index in [1.165, 1.54) is 0 Å². The maximum atomic E-state index is 11.7. The topological polar surface area (TPSA) is 93.4 Å². The number of amides is 1. The molecule has 1 amide bonds. The molecule has 1 aliphatic heterocycles. The summed E-state index contributed by atoms with van der Waals surface area (Å²) >= 11 is 0. The smallest absolute Gasteiger partial charge is 0.271 e. The summed E-state index contributed by atoms with van der Waals surface area (Å²) in [6.07, 6.45) is 0.911. The summed E-state index contributed by atoms with van der Waals surface area (Å²) in [5.74, 6) is 0.0957. The van der Waals surface area contributed by atoms with Crippen LogP contribution >= 0.6 is 0 Å². The highest BCUT2D eigenvalue weighted by Crippen LogP contribution is 1.99. The molecule has 1 saturated heterocycles. The Hall–Kier alpha value is -1.73. The Balaban J connectivity index is 1.64. The van der Waals surface area contributed by atoms with E-state index in [1.54, 1.807) is 12.1 Å². The molecule has 0 bridgehead atoms. The minimum absolute atomic E-state index is 0.213. The minimum Gasteiger partial charge on any atom is -0.382 e. The summed E-state index contributed by atoms with van der Waals surface area (Å²) in [6, 6.07) is 3.13. The molecule has 3 N–H and O–H groups in total. The molecule has 1 aromatic rings. The van der Waals surface area contributed by atoms with Crippen molar-refractivity contribution in [2.45, 2.75) is 6.42 Å². The summed E-state index contributed by atoms with van der Waals surface area (Å²) < 4.78 is 5.27. The van der Waals surface area contributed by atoms with Crippen molar-refractivity contribution >= 4 is 11.7 Å². The Morgan fingerprint density at radius 2 is 2.16 bits per heavy atom. The molecule has 2 rings (SSSR count). The molecule has 0 radical (unpaired) electrons. The number of nitrogens with two attached hydrogens (primary N) is 1. The summed E-state index contributed by atoms with van der Waals surface area (Å²) in [5, 5.41) is 10.2. The Bertz CT molecular complexity index is 403. The van der Waals surface area contributed by atoms with Crippen LogP contribution in [0.2, 0.25) is 0 Å². The number of rotatable bonds is 5. The summed E-state index contributed by atoms with van der Waals surface area (Å²) in [5.41, 5.74) is 5.70. The molecular weight excluding hydrogens is 246 g/mol. The van der Waals surface area contributed by atoms with Crippen LogP contribution in [0, 0.1) is 0 Å². The minimum atomic E-state index is -0.213. The fraction of sp³-hybridized carbons (Fsp3) is 0.583. The summed E-state index contributed by atoms with van der Waals surface area (Å²) in [7, 11) is 0. The van der Waals surface area contributed by atoms with Crippen molar-refractivity contribution < 1.29 is 9.53 Å². The van der Waals surface area contributed by atoms with Crippen molar-refractivity contribution in [3.63, 3.8) is 0 Å². The average molecular weight is 265 g/mol. The van der Waals surface area contributed by atoms with Gasteiger partial charge in [0.2, 0.25) is 0 Å². The SMILES string of the molecule is Nc1ccc(C(=O)NCCCN2CCOCC2)nn1. The number of nitrogens with zero attached hydrogens (tertiary/aromatic N) is 3. The van der Waals surface area contributed by atoms with Gasteiger partial charge in [0, 0.05) is 19.6 Å². The Morgan fingerprint density at radius 1 is 1.37 bits per heavy atom. The van der Waals surface area contributed by atoms with E-state index < -0.39 is 0 Å². The number of carbonyl (C=O) groups excluding carboxylic acids is 1. The third kappa shape index (κ3) is 4.46. The zero-order valence-corrected chi connectivity index (χ0v) is 10.8. The van der Waals surface area contributed by atoms with E-state index in [2.05, 4.69) is 20.4 Å². The maximum absolute atomic E-state index is 11.7. The van der Waals surface area contributed by atoms with Crippen LogP contribution in [0.15, 0.2) is 12.1 Å². The van der Waals surface area contributed by atoms with Crippen LogP contribution in [-0.4, -0.2) is 60.4 Å². The van der Waals surface area contributed by atoms with Crippen LogP contribution in [0.3, 0.4) is 0 Å². The fourth-order valence-corrected chi connectivity index (χ4v) is 1.88. The van der Waals surface area contributed by atoms with Crippen molar-refractivity contribution in [3.05, 3.63) is 17.8 Å². The van der Waals surface area contributed by atoms with Gasteiger partial charge in [-0.25, -0.2) is 0 Å². The van der Waals surface area contributed by atoms with Crippen LogP contribution in [-0.2, 0) is 4.74 Å². The highest BCUT2D eigenvalue weighted by molar-refractivity contribution is 5.92. The highest BCUT2D eigenvalue weighted by Gasteiger charge is 2.10. The Labute approximate surface area is 112 Å². The van der Waals surface area contributed by atoms with E-state index in [4.69, 9.17) is 10.5 Å². The van der Waals surface area contributed by atoms with Gasteiger partial charge in [0.1, 0.15) is 5.82 Å². The Morgan fingerprint density at radius 3 is 2.84 bits per heavy atom. The molecule has 0 spiro atoms. The highest BCUT2D eigenvalue weighted by atomic mass is 16.5. The zero-order chi connectivity index (χ0) is 13.5. The van der Waals surface area contributed by atoms with Crippen molar-refractivity contribution in [2.24, 2.45) is 0 Å². The molecule has 0 aliphatic carbocycles. The molecular formula is C12H19N5O2. The van der Waals surface area contributed by atoms with Gasteiger partial charge in [-0.05, 0) is 25.1 Å². The van der Waals surface area contributed by atoms with Crippen molar-refractivity contribution in [3.8, 4) is 0 Å². The number of ether oxygens (including phenoxy) is 1. The molecule has 0 unspecified atom stereocenters. The molecule has 7 nitrogen and oxygen atoms in total. The predicted molar refractivity (Wildman–Crippen MR) is 70.7 cm³/mol. The lowest BCUT2D eigenvalue weighted by molar-refractivity contribution is 0.0374. The molecule has 1 aliphatic rings. The van der Waals surface area contributed by atoms with Crippen molar-refractivity contribution in [1.29, 1.82) is 0 Å². The number of nitrogen functional groups attached to an aromatic ring is 1. The zero-order valence-electron chi connectivity index (χ0n) is 10.8. The van der Waals surface area contributed by atoms with E-state index in [9.17, 15) is 4.79 Å². The van der Waals surface area contributed by atoms with Crippen LogP contribution in [0.4, 0.5) is 5.82 Å². The van der Waals surface area contributed by atoms with Crippen LogP contribution in [0.25, 0.3) is 0 Å². The first kappa shape index (κ1) is 13.7. The van der Waals surface area contributed by atoms with Crippen LogP contribution in [0.5, 0.6) is 0 Å². The number of nitrogens with one attached hydrogen (secondary N) is 1. The van der Waals surface area contributed by atoms with Crippen LogP contribution in [0.1, 0.15) is 16.9 Å².